The number of sulfonamides is 1. The molecule has 7 nitrogen and oxygen atoms in total. The summed E-state index contributed by atoms with van der Waals surface area (Å²) in [5.41, 5.74) is 1.48. The van der Waals surface area contributed by atoms with Gasteiger partial charge in [-0.05, 0) is 134 Å². The summed E-state index contributed by atoms with van der Waals surface area (Å²) >= 11 is 0. The van der Waals surface area contributed by atoms with Gasteiger partial charge in [-0.1, -0.05) is 58.6 Å². The first-order valence-corrected chi connectivity index (χ1v) is 19.2. The molecule has 0 aliphatic heterocycles. The number of carbonyl (C=O) groups excluding carboxylic acids is 1. The Balaban J connectivity index is 1.05. The number of carbonyl (C=O) groups is 1. The fourth-order valence-corrected chi connectivity index (χ4v) is 12.4. The van der Waals surface area contributed by atoms with Crippen LogP contribution in [0.4, 0.5) is 4.79 Å². The molecule has 1 aromatic rings. The van der Waals surface area contributed by atoms with Crippen molar-refractivity contribution in [2.45, 2.75) is 134 Å². The van der Waals surface area contributed by atoms with Crippen molar-refractivity contribution in [2.75, 3.05) is 6.54 Å². The Morgan fingerprint density at radius 3 is 2.27 bits per heavy atom. The lowest BCUT2D eigenvalue weighted by atomic mass is 9.41. The number of hydrogen-bond donors (Lipinski definition) is 4. The molecule has 4 N–H and O–H groups in total. The lowest BCUT2D eigenvalue weighted by Gasteiger charge is -2.64. The molecule has 1 aromatic carbocycles. The van der Waals surface area contributed by atoms with Gasteiger partial charge in [-0.2, -0.15) is 0 Å². The van der Waals surface area contributed by atoms with Crippen LogP contribution in [0, 0.1) is 46.3 Å². The van der Waals surface area contributed by atoms with Crippen LogP contribution in [0.1, 0.15) is 122 Å². The largest absolute Gasteiger partial charge is 0.393 e. The van der Waals surface area contributed by atoms with Crippen molar-refractivity contribution in [3.05, 3.63) is 29.8 Å². The van der Waals surface area contributed by atoms with Gasteiger partial charge in [0.05, 0.1) is 17.1 Å². The summed E-state index contributed by atoms with van der Waals surface area (Å²) in [6.07, 6.45) is 14.5. The SMILES string of the molecule is CC[C@H]1[C@@H](O)[C@@H]2[C@H](CC[C@]3(C)[C@@H](CCNC(=O)NS(=O)(=O)c4ccc(C5CCCCC5)cc4)CC[C@@H]23)[C@@]2(C)CC[C@@H](O)C[C@@H]12. The van der Waals surface area contributed by atoms with Crippen LogP contribution in [0.2, 0.25) is 0 Å². The maximum Gasteiger partial charge on any atom is 0.328 e. The molecule has 6 rings (SSSR count). The average molecular weight is 629 g/mol. The molecular formula is C36H56N2O5S. The summed E-state index contributed by atoms with van der Waals surface area (Å²) < 4.78 is 28.1. The van der Waals surface area contributed by atoms with E-state index in [0.717, 1.165) is 70.6 Å². The molecule has 5 aliphatic carbocycles. The molecular weight excluding hydrogens is 572 g/mol. The number of aliphatic hydroxyl groups excluding tert-OH is 2. The number of nitrogens with one attached hydrogen (secondary N) is 2. The van der Waals surface area contributed by atoms with E-state index in [4.69, 9.17) is 0 Å². The fourth-order valence-electron chi connectivity index (χ4n) is 11.5. The smallest absolute Gasteiger partial charge is 0.328 e. The minimum Gasteiger partial charge on any atom is -0.393 e. The summed E-state index contributed by atoms with van der Waals surface area (Å²) in [5, 5.41) is 25.2. The van der Waals surface area contributed by atoms with E-state index in [1.807, 2.05) is 12.1 Å². The first-order chi connectivity index (χ1) is 21.0. The van der Waals surface area contributed by atoms with Gasteiger partial charge < -0.3 is 15.5 Å². The van der Waals surface area contributed by atoms with Gasteiger partial charge in [0.15, 0.2) is 0 Å². The Morgan fingerprint density at radius 1 is 0.886 bits per heavy atom. The van der Waals surface area contributed by atoms with Gasteiger partial charge in [0, 0.05) is 6.54 Å². The van der Waals surface area contributed by atoms with Crippen molar-refractivity contribution in [3.63, 3.8) is 0 Å². The van der Waals surface area contributed by atoms with Gasteiger partial charge in [-0.15, -0.1) is 0 Å². The van der Waals surface area contributed by atoms with E-state index in [1.54, 1.807) is 12.1 Å². The highest BCUT2D eigenvalue weighted by Gasteiger charge is 2.64. The van der Waals surface area contributed by atoms with Crippen LogP contribution in [-0.4, -0.2) is 43.4 Å². The van der Waals surface area contributed by atoms with Crippen molar-refractivity contribution >= 4 is 16.1 Å². The maximum atomic E-state index is 12.9. The molecule has 8 heteroatoms. The molecule has 0 heterocycles. The third-order valence-electron chi connectivity index (χ3n) is 13.9. The van der Waals surface area contributed by atoms with Crippen molar-refractivity contribution in [1.29, 1.82) is 0 Å². The summed E-state index contributed by atoms with van der Waals surface area (Å²) in [6, 6.07) is 6.38. The molecule has 5 saturated carbocycles. The second-order valence-electron chi connectivity index (χ2n) is 15.8. The van der Waals surface area contributed by atoms with E-state index in [-0.39, 0.29) is 33.9 Å². The monoisotopic (exact) mass is 628 g/mol. The third-order valence-corrected chi connectivity index (χ3v) is 15.2. The van der Waals surface area contributed by atoms with Gasteiger partial charge >= 0.3 is 6.03 Å². The van der Waals surface area contributed by atoms with E-state index < -0.39 is 16.1 Å². The van der Waals surface area contributed by atoms with Crippen LogP contribution in [0.3, 0.4) is 0 Å². The summed E-state index contributed by atoms with van der Waals surface area (Å²) in [7, 11) is -3.94. The van der Waals surface area contributed by atoms with E-state index in [1.165, 1.54) is 24.8 Å². The quantitative estimate of drug-likeness (QED) is 0.267. The summed E-state index contributed by atoms with van der Waals surface area (Å²) in [5.74, 6) is 2.83. The Bertz CT molecular complexity index is 1280. The second-order valence-corrected chi connectivity index (χ2v) is 17.4. The van der Waals surface area contributed by atoms with Crippen LogP contribution < -0.4 is 10.0 Å². The Labute approximate surface area is 265 Å². The molecule has 10 atom stereocenters. The van der Waals surface area contributed by atoms with Gasteiger partial charge in [-0.25, -0.2) is 17.9 Å². The van der Waals surface area contributed by atoms with Crippen molar-refractivity contribution < 1.29 is 23.4 Å². The molecule has 5 fully saturated rings. The Hall–Kier alpha value is -1.64. The highest BCUT2D eigenvalue weighted by atomic mass is 32.2. The van der Waals surface area contributed by atoms with Crippen LogP contribution in [0.25, 0.3) is 0 Å². The van der Waals surface area contributed by atoms with Crippen LogP contribution >= 0.6 is 0 Å². The van der Waals surface area contributed by atoms with Crippen LogP contribution in [-0.2, 0) is 10.0 Å². The lowest BCUT2D eigenvalue weighted by molar-refractivity contribution is -0.202. The second kappa shape index (κ2) is 12.5. The van der Waals surface area contributed by atoms with Crippen molar-refractivity contribution in [2.24, 2.45) is 46.3 Å². The first-order valence-electron chi connectivity index (χ1n) is 17.7. The summed E-state index contributed by atoms with van der Waals surface area (Å²) in [6.45, 7) is 7.52. The molecule has 0 radical (unpaired) electrons. The average Bonchev–Trinajstić information content (AvgIpc) is 3.34. The maximum absolute atomic E-state index is 12.9. The highest BCUT2D eigenvalue weighted by molar-refractivity contribution is 7.90. The molecule has 2 amide bonds. The number of rotatable bonds is 7. The van der Waals surface area contributed by atoms with Gasteiger partial charge in [0.25, 0.3) is 10.0 Å². The Kier molecular flexibility index (Phi) is 9.19. The van der Waals surface area contributed by atoms with Crippen LogP contribution in [0.5, 0.6) is 0 Å². The molecule has 0 saturated heterocycles. The van der Waals surface area contributed by atoms with Crippen molar-refractivity contribution in [3.8, 4) is 0 Å². The Morgan fingerprint density at radius 2 is 1.57 bits per heavy atom. The van der Waals surface area contributed by atoms with E-state index in [9.17, 15) is 23.4 Å². The molecule has 0 bridgehead atoms. The number of fused-ring (bicyclic) bond motifs is 5. The molecule has 5 aliphatic rings. The minimum atomic E-state index is -3.94. The number of amides is 2. The summed E-state index contributed by atoms with van der Waals surface area (Å²) in [4.78, 5) is 12.8. The predicted octanol–water partition coefficient (Wildman–Crippen LogP) is 6.74. The predicted molar refractivity (Wildman–Crippen MR) is 172 cm³/mol. The molecule has 0 unspecified atom stereocenters. The number of urea groups is 1. The zero-order valence-electron chi connectivity index (χ0n) is 27.1. The zero-order valence-corrected chi connectivity index (χ0v) is 28.0. The topological polar surface area (TPSA) is 116 Å². The zero-order chi connectivity index (χ0) is 31.3. The molecule has 0 aromatic heterocycles. The lowest BCUT2D eigenvalue weighted by Crippen LogP contribution is -2.62. The van der Waals surface area contributed by atoms with Gasteiger partial charge in [0.2, 0.25) is 0 Å². The highest BCUT2D eigenvalue weighted by Crippen LogP contribution is 2.69. The third kappa shape index (κ3) is 5.74. The van der Waals surface area contributed by atoms with Crippen LogP contribution in [0.15, 0.2) is 29.2 Å². The minimum absolute atomic E-state index is 0.113. The normalized spacial score (nSPS) is 40.8. The van der Waals surface area contributed by atoms with Crippen molar-refractivity contribution in [1.82, 2.24) is 10.0 Å². The number of benzene rings is 1. The van der Waals surface area contributed by atoms with E-state index in [2.05, 4.69) is 30.8 Å². The van der Waals surface area contributed by atoms with E-state index >= 15 is 0 Å². The number of hydrogen-bond acceptors (Lipinski definition) is 5. The van der Waals surface area contributed by atoms with E-state index in [0.29, 0.717) is 42.1 Å². The molecule has 246 valence electrons. The molecule has 0 spiro atoms. The first kappa shape index (κ1) is 32.3. The fraction of sp³-hybridized carbons (Fsp3) is 0.806. The van der Waals surface area contributed by atoms with Gasteiger partial charge in [-0.3, -0.25) is 0 Å². The van der Waals surface area contributed by atoms with Gasteiger partial charge in [0.1, 0.15) is 0 Å². The number of aliphatic hydroxyl groups is 2. The standard InChI is InChI=1S/C36H56N2O5S/c1-4-28-31-22-26(39)16-19-36(31,3)30-17-20-35(2)25(12-15-29(35)32(30)33(28)40)18-21-37-34(41)38-44(42,43)27-13-10-24(11-14-27)23-8-6-5-7-9-23/h10-11,13-14,23,25-26,28-33,39-40H,4-9,12,15-22H2,1-3H3,(H2,37,38,41)/t25-,26-,28-,29+,30+,31+,32+,33-,35-,36-/m1/s1. The molecule has 44 heavy (non-hydrogen) atoms.